The minimum Gasteiger partial charge on any atom is -0.343 e. The Kier molecular flexibility index (Phi) is 7.54. The molecule has 1 aromatic rings. The third kappa shape index (κ3) is 6.07. The summed E-state index contributed by atoms with van der Waals surface area (Å²) in [7, 11) is 0. The van der Waals surface area contributed by atoms with Crippen molar-refractivity contribution in [3.63, 3.8) is 0 Å². The predicted octanol–water partition coefficient (Wildman–Crippen LogP) is 2.77. The Morgan fingerprint density at radius 1 is 1.35 bits per heavy atom. The van der Waals surface area contributed by atoms with E-state index in [-0.39, 0.29) is 18.2 Å². The molecule has 1 atom stereocenters. The van der Waals surface area contributed by atoms with Crippen LogP contribution in [0, 0.1) is 12.8 Å². The molecule has 2 heterocycles. The zero-order chi connectivity index (χ0) is 19.1. The Hall–Kier alpha value is -1.98. The predicted molar refractivity (Wildman–Crippen MR) is 99.4 cm³/mol. The summed E-state index contributed by atoms with van der Waals surface area (Å²) in [6.07, 6.45) is 4.52. The van der Waals surface area contributed by atoms with Gasteiger partial charge in [0.05, 0.1) is 12.8 Å². The van der Waals surface area contributed by atoms with Crippen LogP contribution in [0.25, 0.3) is 0 Å². The number of aromatic nitrogens is 1. The average molecular weight is 363 g/mol. The molecule has 0 bridgehead atoms. The van der Waals surface area contributed by atoms with Gasteiger partial charge in [0, 0.05) is 38.6 Å². The lowest BCUT2D eigenvalue weighted by atomic mass is 9.95. The topological polar surface area (TPSA) is 53.5 Å². The molecule has 0 N–H and O–H groups in total. The van der Waals surface area contributed by atoms with Crippen LogP contribution >= 0.6 is 0 Å². The zero-order valence-electron chi connectivity index (χ0n) is 16.1. The normalized spacial score (nSPS) is 16.4. The molecule has 0 radical (unpaired) electrons. The van der Waals surface area contributed by atoms with Crippen molar-refractivity contribution >= 4 is 11.8 Å². The fourth-order valence-electron chi connectivity index (χ4n) is 3.45. The highest BCUT2D eigenvalue weighted by molar-refractivity contribution is 5.79. The van der Waals surface area contributed by atoms with E-state index in [1.165, 1.54) is 6.92 Å². The smallest absolute Gasteiger partial charge is 0.227 e. The quantitative estimate of drug-likeness (QED) is 0.748. The van der Waals surface area contributed by atoms with E-state index < -0.39 is 6.17 Å². The van der Waals surface area contributed by atoms with E-state index in [1.807, 2.05) is 24.8 Å². The number of pyridine rings is 1. The highest BCUT2D eigenvalue weighted by Crippen LogP contribution is 2.20. The maximum absolute atomic E-state index is 13.1. The molecule has 5 nitrogen and oxygen atoms in total. The molecule has 0 saturated carbocycles. The van der Waals surface area contributed by atoms with Gasteiger partial charge in [-0.05, 0) is 50.7 Å². The number of hydrogen-bond donors (Lipinski definition) is 0. The summed E-state index contributed by atoms with van der Waals surface area (Å²) in [5.41, 5.74) is 2.00. The maximum Gasteiger partial charge on any atom is 0.227 e. The van der Waals surface area contributed by atoms with Crippen LogP contribution in [0.5, 0.6) is 0 Å². The van der Waals surface area contributed by atoms with Crippen molar-refractivity contribution in [2.24, 2.45) is 5.92 Å². The number of rotatable bonds is 7. The van der Waals surface area contributed by atoms with Crippen LogP contribution in [-0.2, 0) is 16.0 Å². The molecule has 0 unspecified atom stereocenters. The minimum absolute atomic E-state index is 0.0459. The van der Waals surface area contributed by atoms with Crippen molar-refractivity contribution in [1.29, 1.82) is 0 Å². The fraction of sp³-hybridized carbons (Fsp3) is 0.650. The average Bonchev–Trinajstić information content (AvgIpc) is 2.59. The highest BCUT2D eigenvalue weighted by Gasteiger charge is 2.26. The standard InChI is InChI=1S/C20H30FN3O2/c1-4-23(19(25)10-16(3)21)14-17-5-7-24(8-6-17)20(26)11-18-9-15(2)12-22-13-18/h9,12-13,16-17H,4-8,10-11,14H2,1-3H3/t16-/m0/s1. The number of carbonyl (C=O) groups is 2. The highest BCUT2D eigenvalue weighted by atomic mass is 19.1. The number of aryl methyl sites for hydroxylation is 1. The summed E-state index contributed by atoms with van der Waals surface area (Å²) in [4.78, 5) is 32.4. The second-order valence-electron chi connectivity index (χ2n) is 7.29. The van der Waals surface area contributed by atoms with Crippen LogP contribution in [0.1, 0.15) is 44.2 Å². The summed E-state index contributed by atoms with van der Waals surface area (Å²) in [5, 5.41) is 0. The first-order valence-corrected chi connectivity index (χ1v) is 9.49. The molecule has 1 saturated heterocycles. The van der Waals surface area contributed by atoms with Crippen molar-refractivity contribution in [2.45, 2.75) is 52.6 Å². The molecule has 0 aliphatic carbocycles. The van der Waals surface area contributed by atoms with E-state index in [2.05, 4.69) is 4.98 Å². The van der Waals surface area contributed by atoms with Crippen LogP contribution in [-0.4, -0.2) is 58.9 Å². The molecule has 1 aliphatic heterocycles. The lowest BCUT2D eigenvalue weighted by Gasteiger charge is -2.35. The SMILES string of the molecule is CCN(CC1CCN(C(=O)Cc2cncc(C)c2)CC1)C(=O)C[C@H](C)F. The lowest BCUT2D eigenvalue weighted by Crippen LogP contribution is -2.43. The second-order valence-corrected chi connectivity index (χ2v) is 7.29. The monoisotopic (exact) mass is 363 g/mol. The number of carbonyl (C=O) groups excluding carboxylic acids is 2. The molecule has 26 heavy (non-hydrogen) atoms. The number of hydrogen-bond acceptors (Lipinski definition) is 3. The van der Waals surface area contributed by atoms with Crippen LogP contribution in [0.3, 0.4) is 0 Å². The number of alkyl halides is 1. The van der Waals surface area contributed by atoms with Crippen molar-refractivity contribution in [3.8, 4) is 0 Å². The van der Waals surface area contributed by atoms with E-state index in [0.29, 0.717) is 38.5 Å². The van der Waals surface area contributed by atoms with Gasteiger partial charge in [-0.15, -0.1) is 0 Å². The number of likely N-dealkylation sites (tertiary alicyclic amines) is 1. The summed E-state index contributed by atoms with van der Waals surface area (Å²) >= 11 is 0. The number of halogens is 1. The first-order chi connectivity index (χ1) is 12.4. The van der Waals surface area contributed by atoms with Crippen molar-refractivity contribution in [3.05, 3.63) is 29.6 Å². The molecule has 6 heteroatoms. The lowest BCUT2D eigenvalue weighted by molar-refractivity contribution is -0.135. The van der Waals surface area contributed by atoms with Gasteiger partial charge in [-0.2, -0.15) is 0 Å². The van der Waals surface area contributed by atoms with E-state index >= 15 is 0 Å². The number of amides is 2. The first kappa shape index (κ1) is 20.3. The van der Waals surface area contributed by atoms with E-state index in [1.54, 1.807) is 17.3 Å². The van der Waals surface area contributed by atoms with Gasteiger partial charge in [0.25, 0.3) is 0 Å². The van der Waals surface area contributed by atoms with Crippen LogP contribution in [0.15, 0.2) is 18.5 Å². The zero-order valence-corrected chi connectivity index (χ0v) is 16.1. The van der Waals surface area contributed by atoms with Gasteiger partial charge in [-0.3, -0.25) is 14.6 Å². The van der Waals surface area contributed by atoms with Gasteiger partial charge >= 0.3 is 0 Å². The molecule has 0 aromatic carbocycles. The summed E-state index contributed by atoms with van der Waals surface area (Å²) in [6.45, 7) is 8.00. The van der Waals surface area contributed by atoms with Gasteiger partial charge < -0.3 is 9.80 Å². The molecule has 2 rings (SSSR count). The fourth-order valence-corrected chi connectivity index (χ4v) is 3.45. The maximum atomic E-state index is 13.1. The van der Waals surface area contributed by atoms with Gasteiger partial charge in [0.15, 0.2) is 0 Å². The molecule has 1 fully saturated rings. The third-order valence-corrected chi connectivity index (χ3v) is 4.92. The number of nitrogens with zero attached hydrogens (tertiary/aromatic N) is 3. The Bertz CT molecular complexity index is 613. The molecule has 0 spiro atoms. The van der Waals surface area contributed by atoms with Crippen LogP contribution in [0.2, 0.25) is 0 Å². The Balaban J connectivity index is 1.80. The van der Waals surface area contributed by atoms with Gasteiger partial charge in [-0.1, -0.05) is 6.07 Å². The number of piperidine rings is 1. The van der Waals surface area contributed by atoms with Crippen LogP contribution < -0.4 is 0 Å². The molecule has 2 amide bonds. The van der Waals surface area contributed by atoms with Crippen molar-refractivity contribution in [1.82, 2.24) is 14.8 Å². The summed E-state index contributed by atoms with van der Waals surface area (Å²) < 4.78 is 13.1. The summed E-state index contributed by atoms with van der Waals surface area (Å²) in [6, 6.07) is 1.99. The second kappa shape index (κ2) is 9.64. The summed E-state index contributed by atoms with van der Waals surface area (Å²) in [5.74, 6) is 0.386. The van der Waals surface area contributed by atoms with E-state index in [0.717, 1.165) is 24.0 Å². The van der Waals surface area contributed by atoms with Gasteiger partial charge in [-0.25, -0.2) is 4.39 Å². The Labute approximate surface area is 155 Å². The van der Waals surface area contributed by atoms with Gasteiger partial charge in [0.1, 0.15) is 6.17 Å². The molecule has 144 valence electrons. The molecular weight excluding hydrogens is 333 g/mol. The van der Waals surface area contributed by atoms with E-state index in [4.69, 9.17) is 0 Å². The van der Waals surface area contributed by atoms with Gasteiger partial charge in [0.2, 0.25) is 11.8 Å². The first-order valence-electron chi connectivity index (χ1n) is 9.49. The largest absolute Gasteiger partial charge is 0.343 e. The Morgan fingerprint density at radius 2 is 2.04 bits per heavy atom. The van der Waals surface area contributed by atoms with Crippen molar-refractivity contribution in [2.75, 3.05) is 26.2 Å². The molecule has 1 aliphatic rings. The Morgan fingerprint density at radius 3 is 2.62 bits per heavy atom. The van der Waals surface area contributed by atoms with E-state index in [9.17, 15) is 14.0 Å². The molecular formula is C20H30FN3O2. The minimum atomic E-state index is -1.10. The molecule has 1 aromatic heterocycles. The van der Waals surface area contributed by atoms with Crippen LogP contribution in [0.4, 0.5) is 4.39 Å². The van der Waals surface area contributed by atoms with Crippen molar-refractivity contribution < 1.29 is 14.0 Å². The third-order valence-electron chi connectivity index (χ3n) is 4.92.